The minimum atomic E-state index is 0. The lowest BCUT2D eigenvalue weighted by Crippen LogP contribution is -1.87. The summed E-state index contributed by atoms with van der Waals surface area (Å²) in [6.07, 6.45) is 15.1. The number of aromatic nitrogens is 1. The molecular formula is C11H13BFN2. The Bertz CT molecular complexity index is 256. The van der Waals surface area contributed by atoms with Gasteiger partial charge in [-0.3, -0.25) is 9.69 Å². The first-order chi connectivity index (χ1) is 6.50. The first-order valence-corrected chi connectivity index (χ1v) is 4.09. The van der Waals surface area contributed by atoms with E-state index in [9.17, 15) is 0 Å². The normalized spacial score (nSPS) is 10.7. The fraction of sp³-hybridized carbons (Fsp3) is 0. The van der Waals surface area contributed by atoms with Gasteiger partial charge in [0.2, 0.25) is 0 Å². The average molecular weight is 203 g/mol. The number of nitrogens with zero attached hydrogens (tertiary/aromatic N) is 1. The molecule has 1 aliphatic heterocycles. The zero-order valence-corrected chi connectivity index (χ0v) is 8.28. The minimum Gasteiger partial charge on any atom is -0.368 e. The fourth-order valence-corrected chi connectivity index (χ4v) is 0.719. The van der Waals surface area contributed by atoms with E-state index in [1.165, 1.54) is 0 Å². The summed E-state index contributed by atoms with van der Waals surface area (Å²) in [4.78, 5) is 3.78. The van der Waals surface area contributed by atoms with E-state index in [2.05, 4.69) is 10.3 Å². The first-order valence-electron chi connectivity index (χ1n) is 4.09. The van der Waals surface area contributed by atoms with Crippen molar-refractivity contribution >= 4 is 8.41 Å². The average Bonchev–Trinajstić information content (AvgIpc) is 2.53. The largest absolute Gasteiger partial charge is 0.368 e. The molecular weight excluding hydrogens is 190 g/mol. The summed E-state index contributed by atoms with van der Waals surface area (Å²) < 4.78 is 0. The Morgan fingerprint density at radius 1 is 0.733 bits per heavy atom. The molecule has 1 N–H and O–H groups in total. The highest BCUT2D eigenvalue weighted by atomic mass is 19.0. The molecule has 1 aromatic rings. The minimum absolute atomic E-state index is 0. The van der Waals surface area contributed by atoms with Gasteiger partial charge in [-0.05, 0) is 24.3 Å². The third-order valence-corrected chi connectivity index (χ3v) is 1.28. The van der Waals surface area contributed by atoms with Crippen LogP contribution in [0.15, 0.2) is 67.3 Å². The quantitative estimate of drug-likeness (QED) is 0.652. The summed E-state index contributed by atoms with van der Waals surface area (Å²) in [5.74, 6) is 0. The number of allylic oxidation sites excluding steroid dienone is 4. The number of hydrogen-bond donors (Lipinski definition) is 1. The molecule has 0 spiro atoms. The van der Waals surface area contributed by atoms with Crippen LogP contribution < -0.4 is 5.32 Å². The van der Waals surface area contributed by atoms with Gasteiger partial charge < -0.3 is 5.32 Å². The third kappa shape index (κ3) is 10.1. The van der Waals surface area contributed by atoms with E-state index in [0.29, 0.717) is 0 Å². The molecule has 0 atom stereocenters. The second-order valence-electron chi connectivity index (χ2n) is 2.29. The first kappa shape index (κ1) is 15.6. The van der Waals surface area contributed by atoms with E-state index in [1.54, 1.807) is 12.4 Å². The molecule has 3 radical (unpaired) electrons. The maximum atomic E-state index is 3.78. The second-order valence-corrected chi connectivity index (χ2v) is 2.29. The van der Waals surface area contributed by atoms with Gasteiger partial charge in [0, 0.05) is 33.2 Å². The van der Waals surface area contributed by atoms with Gasteiger partial charge in [-0.1, -0.05) is 18.2 Å². The van der Waals surface area contributed by atoms with Crippen LogP contribution in [-0.2, 0) is 0 Å². The maximum Gasteiger partial charge on any atom is 0.0267 e. The highest BCUT2D eigenvalue weighted by Gasteiger charge is 1.67. The van der Waals surface area contributed by atoms with Gasteiger partial charge in [-0.2, -0.15) is 0 Å². The molecule has 15 heavy (non-hydrogen) atoms. The third-order valence-electron chi connectivity index (χ3n) is 1.28. The van der Waals surface area contributed by atoms with Gasteiger partial charge in [0.15, 0.2) is 0 Å². The van der Waals surface area contributed by atoms with Crippen LogP contribution in [0, 0.1) is 0 Å². The molecule has 0 aromatic carbocycles. The van der Waals surface area contributed by atoms with Crippen LogP contribution in [0.5, 0.6) is 0 Å². The maximum absolute atomic E-state index is 3.78. The second kappa shape index (κ2) is 12.2. The molecule has 2 nitrogen and oxygen atoms in total. The van der Waals surface area contributed by atoms with E-state index in [-0.39, 0.29) is 13.1 Å². The van der Waals surface area contributed by atoms with Gasteiger partial charge in [0.1, 0.15) is 0 Å². The van der Waals surface area contributed by atoms with Crippen LogP contribution in [0.3, 0.4) is 0 Å². The van der Waals surface area contributed by atoms with Gasteiger partial charge in [-0.15, -0.1) is 0 Å². The standard InChI is InChI=1S/C6H7N.C5H5N.B.FH/c1-2-4-6-7-5-3-1;1-2-4-6-5-3-1;;/h1-7H;1-5H;;1H. The molecule has 1 aliphatic rings. The summed E-state index contributed by atoms with van der Waals surface area (Å²) in [6.45, 7) is 0. The Morgan fingerprint density at radius 3 is 1.60 bits per heavy atom. The summed E-state index contributed by atoms with van der Waals surface area (Å²) in [5.41, 5.74) is 0. The Hall–Kier alpha value is -1.84. The van der Waals surface area contributed by atoms with Crippen molar-refractivity contribution < 1.29 is 4.70 Å². The number of hydrogen-bond acceptors (Lipinski definition) is 2. The SMILES string of the molecule is C1=CC=CNC=C1.F.[B].c1ccncc1. The smallest absolute Gasteiger partial charge is 0.0267 e. The molecule has 2 heterocycles. The molecule has 0 bridgehead atoms. The van der Waals surface area contributed by atoms with Crippen molar-refractivity contribution in [3.05, 3.63) is 67.3 Å². The van der Waals surface area contributed by atoms with E-state index in [1.807, 2.05) is 54.9 Å². The lowest BCUT2D eigenvalue weighted by molar-refractivity contribution is 1.11. The van der Waals surface area contributed by atoms with Crippen LogP contribution >= 0.6 is 0 Å². The van der Waals surface area contributed by atoms with Crippen LogP contribution in [0.4, 0.5) is 4.70 Å². The lowest BCUT2D eigenvalue weighted by atomic mass is 10.5. The highest BCUT2D eigenvalue weighted by Crippen LogP contribution is 1.81. The fourth-order valence-electron chi connectivity index (χ4n) is 0.719. The molecule has 0 aliphatic carbocycles. The van der Waals surface area contributed by atoms with Gasteiger partial charge in [0.05, 0.1) is 0 Å². The van der Waals surface area contributed by atoms with Crippen LogP contribution in [0.25, 0.3) is 0 Å². The van der Waals surface area contributed by atoms with E-state index in [0.717, 1.165) is 0 Å². The molecule has 4 heteroatoms. The number of pyridine rings is 1. The van der Waals surface area contributed by atoms with E-state index < -0.39 is 0 Å². The predicted molar refractivity (Wildman–Crippen MR) is 63.0 cm³/mol. The van der Waals surface area contributed by atoms with Crippen molar-refractivity contribution in [3.8, 4) is 0 Å². The molecule has 0 unspecified atom stereocenters. The van der Waals surface area contributed by atoms with Gasteiger partial charge >= 0.3 is 0 Å². The lowest BCUT2D eigenvalue weighted by Gasteiger charge is -1.79. The number of rotatable bonds is 0. The topological polar surface area (TPSA) is 24.9 Å². The van der Waals surface area contributed by atoms with E-state index in [4.69, 9.17) is 0 Å². The van der Waals surface area contributed by atoms with Gasteiger partial charge in [0.25, 0.3) is 0 Å². The molecule has 0 saturated heterocycles. The Morgan fingerprint density at radius 2 is 1.27 bits per heavy atom. The summed E-state index contributed by atoms with van der Waals surface area (Å²) >= 11 is 0. The van der Waals surface area contributed by atoms with Crippen molar-refractivity contribution in [2.24, 2.45) is 0 Å². The van der Waals surface area contributed by atoms with E-state index >= 15 is 0 Å². The van der Waals surface area contributed by atoms with Crippen molar-refractivity contribution in [2.45, 2.75) is 0 Å². The van der Waals surface area contributed by atoms with Crippen molar-refractivity contribution in [1.82, 2.24) is 10.3 Å². The van der Waals surface area contributed by atoms with Crippen LogP contribution in [0.1, 0.15) is 0 Å². The summed E-state index contributed by atoms with van der Waals surface area (Å²) in [5, 5.41) is 2.92. The Labute approximate surface area is 91.4 Å². The monoisotopic (exact) mass is 203 g/mol. The van der Waals surface area contributed by atoms with Crippen molar-refractivity contribution in [3.63, 3.8) is 0 Å². The predicted octanol–water partition coefficient (Wildman–Crippen LogP) is 2.03. The molecule has 1 aromatic heterocycles. The Balaban J connectivity index is 0. The number of halogens is 1. The summed E-state index contributed by atoms with van der Waals surface area (Å²) in [7, 11) is 0. The van der Waals surface area contributed by atoms with Crippen molar-refractivity contribution in [1.29, 1.82) is 0 Å². The Kier molecular flexibility index (Phi) is 12.7. The number of nitrogens with one attached hydrogen (secondary N) is 1. The molecule has 2 rings (SSSR count). The molecule has 0 amide bonds. The molecule has 77 valence electrons. The van der Waals surface area contributed by atoms with Crippen LogP contribution in [0.2, 0.25) is 0 Å². The summed E-state index contributed by atoms with van der Waals surface area (Å²) in [6, 6.07) is 5.72. The molecule has 0 saturated carbocycles. The zero-order valence-electron chi connectivity index (χ0n) is 8.28. The highest BCUT2D eigenvalue weighted by molar-refractivity contribution is 5.75. The van der Waals surface area contributed by atoms with Gasteiger partial charge in [-0.25, -0.2) is 0 Å². The zero-order chi connectivity index (χ0) is 9.19. The van der Waals surface area contributed by atoms with Crippen LogP contribution in [-0.4, -0.2) is 13.4 Å². The van der Waals surface area contributed by atoms with Crippen molar-refractivity contribution in [2.75, 3.05) is 0 Å². The molecule has 0 fully saturated rings.